The third-order valence-electron chi connectivity index (χ3n) is 2.69. The van der Waals surface area contributed by atoms with E-state index in [-0.39, 0.29) is 0 Å². The van der Waals surface area contributed by atoms with Crippen LogP contribution in [0.2, 0.25) is 0 Å². The number of halogens is 2. The number of alkyl halides is 2. The van der Waals surface area contributed by atoms with E-state index in [0.717, 1.165) is 24.0 Å². The summed E-state index contributed by atoms with van der Waals surface area (Å²) in [6.07, 6.45) is 1.85. The molecule has 0 aliphatic carbocycles. The van der Waals surface area contributed by atoms with Crippen LogP contribution in [0.1, 0.15) is 37.3 Å². The Kier molecular flexibility index (Phi) is 5.10. The Bertz CT molecular complexity index is 319. The average Bonchev–Trinajstić information content (AvgIpc) is 2.26. The molecular formula is C13H18Cl2O. The van der Waals surface area contributed by atoms with Crippen molar-refractivity contribution in [3.05, 3.63) is 35.4 Å². The quantitative estimate of drug-likeness (QED) is 0.788. The summed E-state index contributed by atoms with van der Waals surface area (Å²) in [6.45, 7) is 4.07. The summed E-state index contributed by atoms with van der Waals surface area (Å²) >= 11 is 12.4. The monoisotopic (exact) mass is 260 g/mol. The van der Waals surface area contributed by atoms with Crippen molar-refractivity contribution < 1.29 is 5.11 Å². The van der Waals surface area contributed by atoms with Crippen LogP contribution in [-0.2, 0) is 4.33 Å². The summed E-state index contributed by atoms with van der Waals surface area (Å²) in [7, 11) is 0. The first kappa shape index (κ1) is 13.8. The van der Waals surface area contributed by atoms with E-state index in [1.54, 1.807) is 0 Å². The standard InChI is InChI=1S/C13H18Cl2O/c1-3-4-5-12(16)13(14,15)11-8-6-10(2)7-9-11/h6-9,12,16H,3-5H2,1-2H3. The molecule has 1 rings (SSSR count). The molecule has 0 aromatic heterocycles. The van der Waals surface area contributed by atoms with Gasteiger partial charge in [-0.3, -0.25) is 0 Å². The summed E-state index contributed by atoms with van der Waals surface area (Å²) in [5.41, 5.74) is 1.90. The smallest absolute Gasteiger partial charge is 0.168 e. The zero-order chi connectivity index (χ0) is 12.2. The van der Waals surface area contributed by atoms with Gasteiger partial charge in [0, 0.05) is 0 Å². The number of benzene rings is 1. The number of aryl methyl sites for hydroxylation is 1. The van der Waals surface area contributed by atoms with Crippen molar-refractivity contribution in [3.63, 3.8) is 0 Å². The minimum atomic E-state index is -1.21. The van der Waals surface area contributed by atoms with Crippen LogP contribution in [0.4, 0.5) is 0 Å². The molecular weight excluding hydrogens is 243 g/mol. The molecule has 0 spiro atoms. The van der Waals surface area contributed by atoms with Crippen molar-refractivity contribution in [2.75, 3.05) is 0 Å². The van der Waals surface area contributed by atoms with Gasteiger partial charge < -0.3 is 5.11 Å². The minimum Gasteiger partial charge on any atom is -0.390 e. The molecule has 1 aromatic carbocycles. The molecule has 0 fully saturated rings. The molecule has 1 nitrogen and oxygen atoms in total. The number of hydrogen-bond acceptors (Lipinski definition) is 1. The number of unbranched alkanes of at least 4 members (excludes halogenated alkanes) is 1. The molecule has 0 saturated carbocycles. The van der Waals surface area contributed by atoms with Crippen molar-refractivity contribution in [1.82, 2.24) is 0 Å². The van der Waals surface area contributed by atoms with Gasteiger partial charge in [-0.15, -0.1) is 0 Å². The lowest BCUT2D eigenvalue weighted by Gasteiger charge is -2.26. The Balaban J connectivity index is 2.79. The van der Waals surface area contributed by atoms with Gasteiger partial charge in [0.15, 0.2) is 4.33 Å². The number of hydrogen-bond donors (Lipinski definition) is 1. The third-order valence-corrected chi connectivity index (χ3v) is 3.63. The van der Waals surface area contributed by atoms with Crippen LogP contribution in [0.5, 0.6) is 0 Å². The molecule has 0 heterocycles. The number of aliphatic hydroxyl groups excluding tert-OH is 1. The van der Waals surface area contributed by atoms with E-state index in [2.05, 4.69) is 6.92 Å². The van der Waals surface area contributed by atoms with Gasteiger partial charge in [0.05, 0.1) is 6.10 Å². The van der Waals surface area contributed by atoms with E-state index >= 15 is 0 Å². The second-order valence-corrected chi connectivity index (χ2v) is 5.53. The normalized spacial score (nSPS) is 13.8. The molecule has 1 N–H and O–H groups in total. The highest BCUT2D eigenvalue weighted by Gasteiger charge is 2.34. The molecule has 0 bridgehead atoms. The molecule has 1 aromatic rings. The highest BCUT2D eigenvalue weighted by molar-refractivity contribution is 6.48. The Morgan fingerprint density at radius 3 is 2.31 bits per heavy atom. The van der Waals surface area contributed by atoms with Crippen molar-refractivity contribution in [2.45, 2.75) is 43.5 Å². The summed E-state index contributed by atoms with van der Waals surface area (Å²) in [6, 6.07) is 7.62. The summed E-state index contributed by atoms with van der Waals surface area (Å²) < 4.78 is -1.21. The van der Waals surface area contributed by atoms with Crippen LogP contribution >= 0.6 is 23.2 Å². The molecule has 0 aliphatic heterocycles. The molecule has 16 heavy (non-hydrogen) atoms. The second-order valence-electron chi connectivity index (χ2n) is 4.15. The molecule has 3 heteroatoms. The molecule has 0 saturated heterocycles. The molecule has 1 unspecified atom stereocenters. The lowest BCUT2D eigenvalue weighted by atomic mass is 10.0. The van der Waals surface area contributed by atoms with Crippen LogP contribution in [0.25, 0.3) is 0 Å². The fraction of sp³-hybridized carbons (Fsp3) is 0.538. The number of aliphatic hydroxyl groups is 1. The van der Waals surface area contributed by atoms with Gasteiger partial charge in [0.25, 0.3) is 0 Å². The predicted molar refractivity (Wildman–Crippen MR) is 70.1 cm³/mol. The van der Waals surface area contributed by atoms with Gasteiger partial charge in [-0.05, 0) is 18.9 Å². The van der Waals surface area contributed by atoms with Crippen molar-refractivity contribution >= 4 is 23.2 Å². The first-order valence-corrected chi connectivity index (χ1v) is 6.37. The maximum absolute atomic E-state index is 9.97. The molecule has 0 amide bonds. The van der Waals surface area contributed by atoms with E-state index in [4.69, 9.17) is 23.2 Å². The highest BCUT2D eigenvalue weighted by Crippen LogP contribution is 2.39. The van der Waals surface area contributed by atoms with Gasteiger partial charge in [-0.25, -0.2) is 0 Å². The first-order valence-electron chi connectivity index (χ1n) is 5.61. The zero-order valence-electron chi connectivity index (χ0n) is 9.71. The number of rotatable bonds is 5. The summed E-state index contributed by atoms with van der Waals surface area (Å²) in [5.74, 6) is 0. The molecule has 0 radical (unpaired) electrons. The second kappa shape index (κ2) is 5.90. The van der Waals surface area contributed by atoms with E-state index in [1.807, 2.05) is 31.2 Å². The molecule has 1 atom stereocenters. The van der Waals surface area contributed by atoms with Gasteiger partial charge in [-0.2, -0.15) is 0 Å². The van der Waals surface area contributed by atoms with Gasteiger partial charge in [0.2, 0.25) is 0 Å². The van der Waals surface area contributed by atoms with Crippen molar-refractivity contribution in [2.24, 2.45) is 0 Å². The average molecular weight is 261 g/mol. The first-order chi connectivity index (χ1) is 7.48. The molecule has 0 aliphatic rings. The van der Waals surface area contributed by atoms with Crippen molar-refractivity contribution in [3.8, 4) is 0 Å². The van der Waals surface area contributed by atoms with Crippen LogP contribution in [0.3, 0.4) is 0 Å². The Hall–Kier alpha value is -0.240. The fourth-order valence-electron chi connectivity index (χ4n) is 1.55. The Morgan fingerprint density at radius 1 is 1.25 bits per heavy atom. The van der Waals surface area contributed by atoms with E-state index in [0.29, 0.717) is 6.42 Å². The van der Waals surface area contributed by atoms with E-state index < -0.39 is 10.4 Å². The van der Waals surface area contributed by atoms with Gasteiger partial charge >= 0.3 is 0 Å². The SMILES string of the molecule is CCCCC(O)C(Cl)(Cl)c1ccc(C)cc1. The minimum absolute atomic E-state index is 0.622. The van der Waals surface area contributed by atoms with Crippen LogP contribution in [0, 0.1) is 6.92 Å². The van der Waals surface area contributed by atoms with Gasteiger partial charge in [0.1, 0.15) is 0 Å². The lowest BCUT2D eigenvalue weighted by molar-refractivity contribution is 0.142. The maximum atomic E-state index is 9.97. The predicted octanol–water partition coefficient (Wildman–Crippen LogP) is 4.18. The highest BCUT2D eigenvalue weighted by atomic mass is 35.5. The summed E-state index contributed by atoms with van der Waals surface area (Å²) in [5, 5.41) is 9.97. The van der Waals surface area contributed by atoms with Crippen LogP contribution in [-0.4, -0.2) is 11.2 Å². The van der Waals surface area contributed by atoms with E-state index in [9.17, 15) is 5.11 Å². The van der Waals surface area contributed by atoms with Crippen LogP contribution < -0.4 is 0 Å². The van der Waals surface area contributed by atoms with E-state index in [1.165, 1.54) is 0 Å². The van der Waals surface area contributed by atoms with Gasteiger partial charge in [-0.1, -0.05) is 72.8 Å². The third kappa shape index (κ3) is 3.38. The molecule has 90 valence electrons. The maximum Gasteiger partial charge on any atom is 0.168 e. The topological polar surface area (TPSA) is 20.2 Å². The fourth-order valence-corrected chi connectivity index (χ4v) is 2.02. The Morgan fingerprint density at radius 2 is 1.81 bits per heavy atom. The lowest BCUT2D eigenvalue weighted by Crippen LogP contribution is -2.28. The van der Waals surface area contributed by atoms with Crippen molar-refractivity contribution in [1.29, 1.82) is 0 Å². The summed E-state index contributed by atoms with van der Waals surface area (Å²) in [4.78, 5) is 0. The largest absolute Gasteiger partial charge is 0.390 e. The zero-order valence-corrected chi connectivity index (χ0v) is 11.2. The van der Waals surface area contributed by atoms with Crippen LogP contribution in [0.15, 0.2) is 24.3 Å². The Labute approximate surface area is 107 Å².